The molecule has 0 saturated heterocycles. The van der Waals surface area contributed by atoms with Crippen LogP contribution >= 0.6 is 0 Å². The SMILES string of the molecule is COc1cc(-c2ccc(NC(C)C)cc2F)c(OC)cc1/C=C(/F)C(=O)NC1CC1. The first-order chi connectivity index (χ1) is 14.3. The summed E-state index contributed by atoms with van der Waals surface area (Å²) in [7, 11) is 2.87. The van der Waals surface area contributed by atoms with E-state index in [1.54, 1.807) is 18.2 Å². The molecular weight excluding hydrogens is 390 g/mol. The van der Waals surface area contributed by atoms with E-state index in [1.165, 1.54) is 26.4 Å². The van der Waals surface area contributed by atoms with Crippen molar-refractivity contribution in [2.45, 2.75) is 38.8 Å². The molecule has 1 aliphatic rings. The van der Waals surface area contributed by atoms with Crippen LogP contribution in [0.25, 0.3) is 17.2 Å². The van der Waals surface area contributed by atoms with Crippen LogP contribution in [0.1, 0.15) is 32.3 Å². The Bertz CT molecular complexity index is 969. The van der Waals surface area contributed by atoms with Gasteiger partial charge in [-0.05, 0) is 63.1 Å². The van der Waals surface area contributed by atoms with Crippen molar-refractivity contribution < 1.29 is 23.0 Å². The van der Waals surface area contributed by atoms with Crippen LogP contribution in [-0.4, -0.2) is 32.2 Å². The average molecular weight is 416 g/mol. The van der Waals surface area contributed by atoms with Gasteiger partial charge in [-0.15, -0.1) is 0 Å². The normalized spacial score (nSPS) is 13.9. The molecule has 1 aliphatic carbocycles. The second kappa shape index (κ2) is 9.15. The van der Waals surface area contributed by atoms with Crippen molar-refractivity contribution in [3.05, 3.63) is 47.5 Å². The number of ether oxygens (including phenoxy) is 2. The molecule has 5 nitrogen and oxygen atoms in total. The van der Waals surface area contributed by atoms with Crippen molar-refractivity contribution in [3.63, 3.8) is 0 Å². The van der Waals surface area contributed by atoms with Crippen LogP contribution in [0.4, 0.5) is 14.5 Å². The summed E-state index contributed by atoms with van der Waals surface area (Å²) in [5.41, 5.74) is 1.77. The Hall–Kier alpha value is -3.09. The maximum absolute atomic E-state index is 14.8. The molecule has 2 aromatic carbocycles. The highest BCUT2D eigenvalue weighted by atomic mass is 19.1. The van der Waals surface area contributed by atoms with E-state index < -0.39 is 17.6 Å². The third-order valence-electron chi connectivity index (χ3n) is 4.68. The standard InChI is InChI=1S/C23H26F2N2O3/c1-13(2)26-16-7-8-17(19(24)11-16)18-12-21(29-3)14(10-22(18)30-4)9-20(25)23(28)27-15-5-6-15/h7-13,15,26H,5-6H2,1-4H3,(H,27,28)/b20-9+. The second-order valence-electron chi connectivity index (χ2n) is 7.53. The molecule has 0 heterocycles. The molecule has 1 saturated carbocycles. The van der Waals surface area contributed by atoms with Crippen LogP contribution < -0.4 is 20.1 Å². The summed E-state index contributed by atoms with van der Waals surface area (Å²) in [6.45, 7) is 3.94. The van der Waals surface area contributed by atoms with Gasteiger partial charge in [0.2, 0.25) is 0 Å². The summed E-state index contributed by atoms with van der Waals surface area (Å²) in [6, 6.07) is 8.16. The lowest BCUT2D eigenvalue weighted by Crippen LogP contribution is -2.25. The van der Waals surface area contributed by atoms with Gasteiger partial charge in [0.1, 0.15) is 17.3 Å². The maximum atomic E-state index is 14.8. The van der Waals surface area contributed by atoms with E-state index in [0.29, 0.717) is 33.9 Å². The first-order valence-corrected chi connectivity index (χ1v) is 9.83. The van der Waals surface area contributed by atoms with Gasteiger partial charge < -0.3 is 20.1 Å². The highest BCUT2D eigenvalue weighted by Crippen LogP contribution is 2.39. The number of carbonyl (C=O) groups excluding carboxylic acids is 1. The number of halogens is 2. The number of rotatable bonds is 8. The number of anilines is 1. The molecule has 3 rings (SSSR count). The molecule has 0 bridgehead atoms. The van der Waals surface area contributed by atoms with Gasteiger partial charge in [0, 0.05) is 34.5 Å². The molecule has 0 radical (unpaired) electrons. The van der Waals surface area contributed by atoms with Crippen molar-refractivity contribution >= 4 is 17.7 Å². The van der Waals surface area contributed by atoms with Crippen molar-refractivity contribution in [1.29, 1.82) is 0 Å². The molecule has 0 atom stereocenters. The van der Waals surface area contributed by atoms with Gasteiger partial charge >= 0.3 is 0 Å². The first kappa shape index (κ1) is 21.6. The second-order valence-corrected chi connectivity index (χ2v) is 7.53. The lowest BCUT2D eigenvalue weighted by molar-refractivity contribution is -0.118. The largest absolute Gasteiger partial charge is 0.496 e. The third kappa shape index (κ3) is 5.09. The zero-order chi connectivity index (χ0) is 21.8. The zero-order valence-electron chi connectivity index (χ0n) is 17.5. The Kier molecular flexibility index (Phi) is 6.59. The zero-order valence-corrected chi connectivity index (χ0v) is 17.5. The van der Waals surface area contributed by atoms with Gasteiger partial charge in [-0.2, -0.15) is 0 Å². The molecule has 0 spiro atoms. The van der Waals surface area contributed by atoms with Gasteiger partial charge in [0.05, 0.1) is 14.2 Å². The fourth-order valence-corrected chi connectivity index (χ4v) is 3.09. The fourth-order valence-electron chi connectivity index (χ4n) is 3.09. The Morgan fingerprint density at radius 3 is 2.37 bits per heavy atom. The summed E-state index contributed by atoms with van der Waals surface area (Å²) >= 11 is 0. The Morgan fingerprint density at radius 2 is 1.80 bits per heavy atom. The minimum atomic E-state index is -0.926. The number of carbonyl (C=O) groups is 1. The van der Waals surface area contributed by atoms with E-state index in [1.807, 2.05) is 13.8 Å². The van der Waals surface area contributed by atoms with Crippen molar-refractivity contribution in [1.82, 2.24) is 5.32 Å². The molecule has 7 heteroatoms. The van der Waals surface area contributed by atoms with Crippen molar-refractivity contribution in [2.75, 3.05) is 19.5 Å². The molecule has 160 valence electrons. The number of hydrogen-bond acceptors (Lipinski definition) is 4. The Labute approximate surface area is 175 Å². The lowest BCUT2D eigenvalue weighted by atomic mass is 10.00. The molecule has 2 aromatic rings. The monoisotopic (exact) mass is 416 g/mol. The smallest absolute Gasteiger partial charge is 0.280 e. The van der Waals surface area contributed by atoms with E-state index in [4.69, 9.17) is 9.47 Å². The highest BCUT2D eigenvalue weighted by Gasteiger charge is 2.25. The number of nitrogens with one attached hydrogen (secondary N) is 2. The summed E-state index contributed by atoms with van der Waals surface area (Å²) in [5, 5.41) is 5.74. The molecule has 1 fully saturated rings. The van der Waals surface area contributed by atoms with Crippen LogP contribution in [0.3, 0.4) is 0 Å². The maximum Gasteiger partial charge on any atom is 0.280 e. The van der Waals surface area contributed by atoms with Gasteiger partial charge in [0.25, 0.3) is 5.91 Å². The minimum Gasteiger partial charge on any atom is -0.496 e. The number of amides is 1. The number of hydrogen-bond donors (Lipinski definition) is 2. The molecule has 1 amide bonds. The van der Waals surface area contributed by atoms with Crippen LogP contribution in [-0.2, 0) is 4.79 Å². The van der Waals surface area contributed by atoms with E-state index >= 15 is 0 Å². The average Bonchev–Trinajstić information content (AvgIpc) is 3.51. The fraction of sp³-hybridized carbons (Fsp3) is 0.348. The molecule has 0 unspecified atom stereocenters. The van der Waals surface area contributed by atoms with E-state index in [-0.39, 0.29) is 12.1 Å². The van der Waals surface area contributed by atoms with Crippen LogP contribution in [0.5, 0.6) is 11.5 Å². The lowest BCUT2D eigenvalue weighted by Gasteiger charge is -2.16. The predicted octanol–water partition coefficient (Wildman–Crippen LogP) is 4.92. The van der Waals surface area contributed by atoms with Gasteiger partial charge in [-0.3, -0.25) is 4.79 Å². The van der Waals surface area contributed by atoms with Crippen molar-refractivity contribution in [3.8, 4) is 22.6 Å². The molecule has 0 aliphatic heterocycles. The number of benzene rings is 2. The van der Waals surface area contributed by atoms with E-state index in [2.05, 4.69) is 10.6 Å². The molecule has 2 N–H and O–H groups in total. The summed E-state index contributed by atoms with van der Waals surface area (Å²) in [5.74, 6) is -1.49. The first-order valence-electron chi connectivity index (χ1n) is 9.83. The summed E-state index contributed by atoms with van der Waals surface area (Å²) in [4.78, 5) is 11.9. The van der Waals surface area contributed by atoms with Crippen LogP contribution in [0.15, 0.2) is 36.2 Å². The van der Waals surface area contributed by atoms with Gasteiger partial charge in [0.15, 0.2) is 5.83 Å². The third-order valence-corrected chi connectivity index (χ3v) is 4.68. The summed E-state index contributed by atoms with van der Waals surface area (Å²) in [6.07, 6.45) is 2.82. The molecular formula is C23H26F2N2O3. The van der Waals surface area contributed by atoms with Crippen molar-refractivity contribution in [2.24, 2.45) is 0 Å². The molecule has 0 aromatic heterocycles. The topological polar surface area (TPSA) is 59.6 Å². The Morgan fingerprint density at radius 1 is 1.10 bits per heavy atom. The number of methoxy groups -OCH3 is 2. The quantitative estimate of drug-likeness (QED) is 0.600. The Balaban J connectivity index is 1.98. The van der Waals surface area contributed by atoms with Crippen LogP contribution in [0, 0.1) is 5.82 Å². The minimum absolute atomic E-state index is 0.0478. The van der Waals surface area contributed by atoms with E-state index in [0.717, 1.165) is 18.9 Å². The summed E-state index contributed by atoms with van der Waals surface area (Å²) < 4.78 is 39.9. The molecule has 30 heavy (non-hydrogen) atoms. The predicted molar refractivity (Wildman–Crippen MR) is 114 cm³/mol. The van der Waals surface area contributed by atoms with E-state index in [9.17, 15) is 13.6 Å². The highest BCUT2D eigenvalue weighted by molar-refractivity contribution is 5.96. The van der Waals surface area contributed by atoms with Gasteiger partial charge in [-0.25, -0.2) is 8.78 Å². The van der Waals surface area contributed by atoms with Crippen LogP contribution in [0.2, 0.25) is 0 Å². The van der Waals surface area contributed by atoms with Gasteiger partial charge in [-0.1, -0.05) is 0 Å².